The lowest BCUT2D eigenvalue weighted by atomic mass is 10.1. The normalized spacial score (nSPS) is 13.6. The third-order valence-electron chi connectivity index (χ3n) is 3.32. The molecule has 24 heavy (non-hydrogen) atoms. The molecule has 0 aromatic heterocycles. The van der Waals surface area contributed by atoms with Gasteiger partial charge < -0.3 is 5.11 Å². The first kappa shape index (κ1) is 19.0. The number of rotatable bonds is 6. The van der Waals surface area contributed by atoms with Crippen LogP contribution in [0.5, 0.6) is 0 Å². The topological polar surface area (TPSA) is 88.5 Å². The summed E-state index contributed by atoms with van der Waals surface area (Å²) in [5, 5.41) is 10.2. The van der Waals surface area contributed by atoms with Gasteiger partial charge in [0.2, 0.25) is 0 Å². The monoisotopic (exact) mass is 386 g/mol. The predicted molar refractivity (Wildman–Crippen MR) is 94.8 cm³/mol. The van der Waals surface area contributed by atoms with Crippen molar-refractivity contribution < 1.29 is 21.9 Å². The van der Waals surface area contributed by atoms with Gasteiger partial charge in [-0.1, -0.05) is 30.3 Å². The fourth-order valence-corrected chi connectivity index (χ4v) is 5.09. The van der Waals surface area contributed by atoms with Crippen LogP contribution in [-0.2, 0) is 19.7 Å². The minimum absolute atomic E-state index is 0.0455. The van der Waals surface area contributed by atoms with Gasteiger partial charge in [-0.2, -0.15) is 0 Å². The highest BCUT2D eigenvalue weighted by molar-refractivity contribution is 8.00. The van der Waals surface area contributed by atoms with Crippen LogP contribution in [0.3, 0.4) is 0 Å². The first-order chi connectivity index (χ1) is 11.1. The lowest BCUT2D eigenvalue weighted by Gasteiger charge is -2.13. The average molecular weight is 387 g/mol. The summed E-state index contributed by atoms with van der Waals surface area (Å²) in [5.41, 5.74) is 0.735. The van der Waals surface area contributed by atoms with Crippen LogP contribution >= 0.6 is 11.8 Å². The van der Waals surface area contributed by atoms with Crippen LogP contribution < -0.4 is 0 Å². The maximum absolute atomic E-state index is 12.0. The molecule has 130 valence electrons. The third kappa shape index (κ3) is 4.83. The van der Waals surface area contributed by atoms with Crippen molar-refractivity contribution in [3.63, 3.8) is 0 Å². The number of benzene rings is 2. The van der Waals surface area contributed by atoms with Crippen molar-refractivity contribution in [3.05, 3.63) is 54.1 Å². The molecule has 2 aromatic rings. The lowest BCUT2D eigenvalue weighted by molar-refractivity contribution is 0.204. The number of hydrogen-bond acceptors (Lipinski definition) is 6. The van der Waals surface area contributed by atoms with Gasteiger partial charge in [0.1, 0.15) is 0 Å². The zero-order valence-electron chi connectivity index (χ0n) is 13.2. The molecule has 0 aliphatic rings. The Bertz CT molecular complexity index is 919. The summed E-state index contributed by atoms with van der Waals surface area (Å²) >= 11 is 1.17. The van der Waals surface area contributed by atoms with E-state index in [-0.39, 0.29) is 15.5 Å². The second-order valence-corrected chi connectivity index (χ2v) is 10.5. The molecule has 2 rings (SSSR count). The minimum Gasteiger partial charge on any atom is -0.388 e. The minimum atomic E-state index is -3.60. The van der Waals surface area contributed by atoms with Crippen LogP contribution in [0, 0.1) is 0 Å². The molecule has 5 nitrogen and oxygen atoms in total. The maximum atomic E-state index is 12.0. The van der Waals surface area contributed by atoms with E-state index in [2.05, 4.69) is 0 Å². The van der Waals surface area contributed by atoms with E-state index in [9.17, 15) is 21.9 Å². The summed E-state index contributed by atoms with van der Waals surface area (Å²) < 4.78 is 47.2. The Kier molecular flexibility index (Phi) is 5.74. The van der Waals surface area contributed by atoms with Crippen LogP contribution in [0.1, 0.15) is 11.7 Å². The molecule has 1 N–H and O–H groups in total. The smallest absolute Gasteiger partial charge is 0.176 e. The molecule has 8 heteroatoms. The summed E-state index contributed by atoms with van der Waals surface area (Å²) in [6.07, 6.45) is 1.31. The second kappa shape index (κ2) is 7.26. The lowest BCUT2D eigenvalue weighted by Crippen LogP contribution is -2.05. The summed E-state index contributed by atoms with van der Waals surface area (Å²) in [6.45, 7) is 0. The molecule has 0 radical (unpaired) electrons. The third-order valence-corrected chi connectivity index (χ3v) is 6.85. The van der Waals surface area contributed by atoms with Gasteiger partial charge in [0.25, 0.3) is 0 Å². The second-order valence-electron chi connectivity index (χ2n) is 5.39. The van der Waals surface area contributed by atoms with Crippen LogP contribution in [-0.4, -0.2) is 40.2 Å². The number of aliphatic hydroxyl groups excluding tert-OH is 1. The van der Waals surface area contributed by atoms with Gasteiger partial charge >= 0.3 is 0 Å². The Hall–Kier alpha value is -1.35. The SMILES string of the molecule is CS(=O)(=O)c1ccc(SC[C@H](O)c2ccccc2)c(S(C)(=O)=O)c1. The van der Waals surface area contributed by atoms with Gasteiger partial charge in [-0.3, -0.25) is 0 Å². The van der Waals surface area contributed by atoms with Gasteiger partial charge in [0, 0.05) is 23.2 Å². The molecule has 1 atom stereocenters. The number of sulfone groups is 2. The average Bonchev–Trinajstić information content (AvgIpc) is 2.51. The molecule has 0 spiro atoms. The van der Waals surface area contributed by atoms with Crippen molar-refractivity contribution in [2.24, 2.45) is 0 Å². The Labute approximate surface area is 146 Å². The molecule has 0 aliphatic heterocycles. The van der Waals surface area contributed by atoms with E-state index in [1.54, 1.807) is 12.1 Å². The fraction of sp³-hybridized carbons (Fsp3) is 0.250. The molecule has 0 saturated heterocycles. The molecular formula is C16H18O5S3. The van der Waals surface area contributed by atoms with Gasteiger partial charge in [-0.25, -0.2) is 16.8 Å². The van der Waals surface area contributed by atoms with E-state index in [1.165, 1.54) is 30.0 Å². The zero-order valence-corrected chi connectivity index (χ0v) is 15.7. The molecule has 0 bridgehead atoms. The van der Waals surface area contributed by atoms with Crippen molar-refractivity contribution >= 4 is 31.4 Å². The first-order valence-corrected chi connectivity index (χ1v) is 11.8. The molecular weight excluding hydrogens is 368 g/mol. The van der Waals surface area contributed by atoms with Gasteiger partial charge in [0.15, 0.2) is 19.7 Å². The quantitative estimate of drug-likeness (QED) is 0.767. The predicted octanol–water partition coefficient (Wildman–Crippen LogP) is 2.32. The van der Waals surface area contributed by atoms with Crippen molar-refractivity contribution in [3.8, 4) is 0 Å². The molecule has 0 unspecified atom stereocenters. The molecule has 0 amide bonds. The molecule has 0 heterocycles. The van der Waals surface area contributed by atoms with E-state index in [4.69, 9.17) is 0 Å². The van der Waals surface area contributed by atoms with Crippen LogP contribution in [0.25, 0.3) is 0 Å². The molecule has 0 fully saturated rings. The number of hydrogen-bond donors (Lipinski definition) is 1. The number of aliphatic hydroxyl groups is 1. The largest absolute Gasteiger partial charge is 0.388 e. The van der Waals surface area contributed by atoms with E-state index < -0.39 is 25.8 Å². The Morgan fingerprint density at radius 1 is 0.958 bits per heavy atom. The molecule has 0 aliphatic carbocycles. The van der Waals surface area contributed by atoms with Crippen LogP contribution in [0.2, 0.25) is 0 Å². The number of thioether (sulfide) groups is 1. The summed E-state index contributed by atoms with van der Waals surface area (Å²) in [7, 11) is -7.10. The van der Waals surface area contributed by atoms with Crippen molar-refractivity contribution in [2.45, 2.75) is 20.8 Å². The van der Waals surface area contributed by atoms with E-state index >= 15 is 0 Å². The van der Waals surface area contributed by atoms with Gasteiger partial charge in [-0.05, 0) is 23.8 Å². The van der Waals surface area contributed by atoms with Crippen molar-refractivity contribution in [2.75, 3.05) is 18.3 Å². The summed E-state index contributed by atoms with van der Waals surface area (Å²) in [5.74, 6) is 0.255. The van der Waals surface area contributed by atoms with Crippen molar-refractivity contribution in [1.82, 2.24) is 0 Å². The van der Waals surface area contributed by atoms with E-state index in [0.717, 1.165) is 18.1 Å². The van der Waals surface area contributed by atoms with E-state index in [0.29, 0.717) is 4.90 Å². The van der Waals surface area contributed by atoms with Gasteiger partial charge in [0.05, 0.1) is 15.9 Å². The van der Waals surface area contributed by atoms with Gasteiger partial charge in [-0.15, -0.1) is 11.8 Å². The van der Waals surface area contributed by atoms with E-state index in [1.807, 2.05) is 18.2 Å². The standard InChI is InChI=1S/C16H18O5S3/c1-23(18,19)13-8-9-15(16(10-13)24(2,20)21)22-11-14(17)12-6-4-3-5-7-12/h3-10,14,17H,11H2,1-2H3/t14-/m0/s1. The summed E-state index contributed by atoms with van der Waals surface area (Å²) in [4.78, 5) is 0.325. The highest BCUT2D eigenvalue weighted by atomic mass is 32.2. The maximum Gasteiger partial charge on any atom is 0.176 e. The highest BCUT2D eigenvalue weighted by Crippen LogP contribution is 2.31. The zero-order chi connectivity index (χ0) is 18.0. The first-order valence-electron chi connectivity index (χ1n) is 6.99. The fourth-order valence-electron chi connectivity index (χ4n) is 2.07. The highest BCUT2D eigenvalue weighted by Gasteiger charge is 2.19. The summed E-state index contributed by atoms with van der Waals surface area (Å²) in [6, 6.07) is 13.1. The van der Waals surface area contributed by atoms with Crippen molar-refractivity contribution in [1.29, 1.82) is 0 Å². The Balaban J connectivity index is 2.30. The van der Waals surface area contributed by atoms with Crippen LogP contribution in [0.4, 0.5) is 0 Å². The molecule has 0 saturated carbocycles. The Morgan fingerprint density at radius 3 is 2.12 bits per heavy atom. The molecule has 2 aromatic carbocycles. The van der Waals surface area contributed by atoms with Crippen LogP contribution in [0.15, 0.2) is 63.2 Å². The Morgan fingerprint density at radius 2 is 1.58 bits per heavy atom.